The Morgan fingerprint density at radius 1 is 1.07 bits per heavy atom. The van der Waals surface area contributed by atoms with Crippen LogP contribution in [0.5, 0.6) is 5.75 Å². The smallest absolute Gasteiger partial charge is 0.207 e. The summed E-state index contributed by atoms with van der Waals surface area (Å²) in [6.45, 7) is 0. The van der Waals surface area contributed by atoms with E-state index in [4.69, 9.17) is 4.74 Å². The minimum Gasteiger partial charge on any atom is -0.497 e. The first-order chi connectivity index (χ1) is 14.2. The van der Waals surface area contributed by atoms with Crippen LogP contribution in [0, 0.1) is 5.82 Å². The number of hydrogen-bond donors (Lipinski definition) is 1. The number of benzene rings is 2. The van der Waals surface area contributed by atoms with Gasteiger partial charge in [0.15, 0.2) is 0 Å². The van der Waals surface area contributed by atoms with Crippen molar-refractivity contribution in [1.82, 2.24) is 9.38 Å². The molecule has 0 fully saturated rings. The average molecular weight is 387 g/mol. The number of imidazole rings is 1. The number of fused-ring (bicyclic) bond motifs is 1. The second-order valence-electron chi connectivity index (χ2n) is 6.32. The van der Waals surface area contributed by atoms with Gasteiger partial charge in [-0.2, -0.15) is 0 Å². The Morgan fingerprint density at radius 3 is 2.55 bits per heavy atom. The molecule has 2 aromatic heterocycles. The number of methoxy groups -OCH3 is 1. The van der Waals surface area contributed by atoms with E-state index < -0.39 is 0 Å². The highest BCUT2D eigenvalue weighted by molar-refractivity contribution is 6.08. The molecule has 29 heavy (non-hydrogen) atoms. The van der Waals surface area contributed by atoms with Crippen LogP contribution in [0.2, 0.25) is 0 Å². The number of aromatic nitrogens is 2. The van der Waals surface area contributed by atoms with E-state index in [0.29, 0.717) is 17.2 Å². The van der Waals surface area contributed by atoms with Gasteiger partial charge in [0.2, 0.25) is 5.78 Å². The molecule has 0 unspecified atom stereocenters. The van der Waals surface area contributed by atoms with Crippen molar-refractivity contribution in [2.75, 3.05) is 12.4 Å². The zero-order chi connectivity index (χ0) is 20.2. The fraction of sp³-hybridized carbons (Fsp3) is 0.0435. The van der Waals surface area contributed by atoms with Crippen molar-refractivity contribution in [2.45, 2.75) is 0 Å². The number of nitrogens with zero attached hydrogens (tertiary/aromatic N) is 2. The van der Waals surface area contributed by atoms with Crippen molar-refractivity contribution in [2.24, 2.45) is 0 Å². The molecular weight excluding hydrogens is 369 g/mol. The minimum atomic E-state index is -0.314. The lowest BCUT2D eigenvalue weighted by molar-refractivity contribution is 0.104. The fourth-order valence-corrected chi connectivity index (χ4v) is 3.00. The van der Waals surface area contributed by atoms with E-state index in [1.807, 2.05) is 53.1 Å². The summed E-state index contributed by atoms with van der Waals surface area (Å²) in [6, 6.07) is 19.0. The van der Waals surface area contributed by atoms with Crippen LogP contribution >= 0.6 is 0 Å². The van der Waals surface area contributed by atoms with Crippen LogP contribution in [-0.2, 0) is 0 Å². The number of anilines is 1. The maximum Gasteiger partial charge on any atom is 0.207 e. The van der Waals surface area contributed by atoms with Gasteiger partial charge in [-0.15, -0.1) is 0 Å². The van der Waals surface area contributed by atoms with Crippen molar-refractivity contribution < 1.29 is 13.9 Å². The summed E-state index contributed by atoms with van der Waals surface area (Å²) < 4.78 is 20.1. The number of carbonyl (C=O) groups is 1. The lowest BCUT2D eigenvalue weighted by atomic mass is 10.2. The number of hydrogen-bond acceptors (Lipinski definition) is 4. The first kappa shape index (κ1) is 18.4. The second-order valence-corrected chi connectivity index (χ2v) is 6.32. The van der Waals surface area contributed by atoms with Gasteiger partial charge in [-0.3, -0.25) is 9.20 Å². The summed E-state index contributed by atoms with van der Waals surface area (Å²) in [4.78, 5) is 17.4. The van der Waals surface area contributed by atoms with E-state index >= 15 is 0 Å². The third-order valence-electron chi connectivity index (χ3n) is 4.46. The number of pyridine rings is 1. The summed E-state index contributed by atoms with van der Waals surface area (Å²) in [7, 11) is 1.61. The van der Waals surface area contributed by atoms with Gasteiger partial charge in [-0.1, -0.05) is 6.07 Å². The molecule has 0 bridgehead atoms. The zero-order valence-electron chi connectivity index (χ0n) is 15.7. The van der Waals surface area contributed by atoms with Crippen LogP contribution < -0.4 is 10.1 Å². The SMILES string of the molecule is COc1ccc(-c2nc(C(=O)/C=C\Nc3ccc(F)cc3)c3ccccn23)cc1. The van der Waals surface area contributed by atoms with Gasteiger partial charge in [0.05, 0.1) is 12.6 Å². The van der Waals surface area contributed by atoms with Crippen molar-refractivity contribution in [1.29, 1.82) is 0 Å². The van der Waals surface area contributed by atoms with Crippen LogP contribution in [0.25, 0.3) is 16.9 Å². The number of nitrogens with one attached hydrogen (secondary N) is 1. The summed E-state index contributed by atoms with van der Waals surface area (Å²) >= 11 is 0. The molecule has 5 nitrogen and oxygen atoms in total. The summed E-state index contributed by atoms with van der Waals surface area (Å²) in [5.74, 6) is 0.876. The number of carbonyl (C=O) groups excluding carboxylic acids is 1. The van der Waals surface area contributed by atoms with Crippen molar-refractivity contribution in [3.63, 3.8) is 0 Å². The van der Waals surface area contributed by atoms with Crippen LogP contribution in [-0.4, -0.2) is 22.3 Å². The highest BCUT2D eigenvalue weighted by Crippen LogP contribution is 2.25. The van der Waals surface area contributed by atoms with Gasteiger partial charge < -0.3 is 10.1 Å². The highest BCUT2D eigenvalue weighted by Gasteiger charge is 2.16. The molecule has 0 aliphatic heterocycles. The van der Waals surface area contributed by atoms with Gasteiger partial charge in [-0.25, -0.2) is 9.37 Å². The lowest BCUT2D eigenvalue weighted by Gasteiger charge is -2.03. The number of allylic oxidation sites excluding steroid dienone is 1. The number of ether oxygens (including phenoxy) is 1. The zero-order valence-corrected chi connectivity index (χ0v) is 15.7. The molecule has 4 rings (SSSR count). The molecule has 0 aliphatic carbocycles. The lowest BCUT2D eigenvalue weighted by Crippen LogP contribution is -1.98. The molecule has 0 aliphatic rings. The van der Waals surface area contributed by atoms with E-state index in [9.17, 15) is 9.18 Å². The van der Waals surface area contributed by atoms with Crippen LogP contribution in [0.3, 0.4) is 0 Å². The number of rotatable bonds is 6. The molecule has 0 radical (unpaired) electrons. The summed E-state index contributed by atoms with van der Waals surface area (Å²) in [6.07, 6.45) is 4.81. The highest BCUT2D eigenvalue weighted by atomic mass is 19.1. The first-order valence-electron chi connectivity index (χ1n) is 9.00. The van der Waals surface area contributed by atoms with Gasteiger partial charge in [0.1, 0.15) is 23.1 Å². The van der Waals surface area contributed by atoms with E-state index in [1.54, 1.807) is 19.2 Å². The number of ketones is 1. The quantitative estimate of drug-likeness (QED) is 0.375. The molecule has 2 heterocycles. The van der Waals surface area contributed by atoms with E-state index in [1.165, 1.54) is 24.4 Å². The predicted octanol–water partition coefficient (Wildman–Crippen LogP) is 4.96. The molecule has 4 aromatic rings. The standard InChI is InChI=1S/C23H18FN3O2/c1-29-19-11-5-16(6-12-19)23-26-22(20-4-2-3-15-27(20)23)21(28)13-14-25-18-9-7-17(24)8-10-18/h2-15,25H,1H3/b14-13-. The molecular formula is C23H18FN3O2. The Labute approximate surface area is 167 Å². The van der Waals surface area contributed by atoms with Crippen molar-refractivity contribution in [3.8, 4) is 17.1 Å². The molecule has 144 valence electrons. The Hall–Kier alpha value is -3.93. The fourth-order valence-electron chi connectivity index (χ4n) is 3.00. The maximum absolute atomic E-state index is 13.0. The molecule has 2 aromatic carbocycles. The first-order valence-corrected chi connectivity index (χ1v) is 9.00. The molecule has 0 atom stereocenters. The predicted molar refractivity (Wildman–Crippen MR) is 111 cm³/mol. The van der Waals surface area contributed by atoms with Crippen molar-refractivity contribution in [3.05, 3.63) is 96.7 Å². The topological polar surface area (TPSA) is 55.6 Å². The summed E-state index contributed by atoms with van der Waals surface area (Å²) in [5, 5.41) is 2.96. The molecule has 0 spiro atoms. The monoisotopic (exact) mass is 387 g/mol. The van der Waals surface area contributed by atoms with Gasteiger partial charge >= 0.3 is 0 Å². The van der Waals surface area contributed by atoms with Gasteiger partial charge in [-0.05, 0) is 60.7 Å². The minimum absolute atomic E-state index is 0.233. The van der Waals surface area contributed by atoms with Crippen LogP contribution in [0.4, 0.5) is 10.1 Å². The molecule has 0 saturated carbocycles. The van der Waals surface area contributed by atoms with Crippen LogP contribution in [0.1, 0.15) is 10.5 Å². The van der Waals surface area contributed by atoms with Gasteiger partial charge in [0, 0.05) is 29.7 Å². The Balaban J connectivity index is 1.63. The van der Waals surface area contributed by atoms with E-state index in [2.05, 4.69) is 10.3 Å². The molecule has 0 saturated heterocycles. The third-order valence-corrected chi connectivity index (χ3v) is 4.46. The molecule has 1 N–H and O–H groups in total. The number of halogens is 1. The van der Waals surface area contributed by atoms with E-state index in [0.717, 1.165) is 16.8 Å². The average Bonchev–Trinajstić information content (AvgIpc) is 3.15. The Kier molecular flexibility index (Phi) is 5.07. The normalized spacial score (nSPS) is 11.1. The van der Waals surface area contributed by atoms with Crippen molar-refractivity contribution >= 4 is 17.0 Å². The van der Waals surface area contributed by atoms with Gasteiger partial charge in [0.25, 0.3) is 0 Å². The molecule has 6 heteroatoms. The second kappa shape index (κ2) is 7.98. The molecule has 0 amide bonds. The van der Waals surface area contributed by atoms with E-state index in [-0.39, 0.29) is 11.6 Å². The Morgan fingerprint density at radius 2 is 1.83 bits per heavy atom. The van der Waals surface area contributed by atoms with Crippen LogP contribution in [0.15, 0.2) is 85.2 Å². The largest absolute Gasteiger partial charge is 0.497 e. The Bertz CT molecular complexity index is 1180. The maximum atomic E-state index is 13.0. The summed E-state index contributed by atoms with van der Waals surface area (Å²) in [5.41, 5.74) is 2.63. The third kappa shape index (κ3) is 3.87.